The number of aromatic nitrogens is 2. The third-order valence-corrected chi connectivity index (χ3v) is 3.07. The molecule has 0 bridgehead atoms. The molecule has 1 aromatic carbocycles. The molecule has 1 N–H and O–H groups in total. The van der Waals surface area contributed by atoms with Crippen LogP contribution in [-0.2, 0) is 13.2 Å². The highest BCUT2D eigenvalue weighted by Gasteiger charge is 2.13. The fourth-order valence-electron chi connectivity index (χ4n) is 2.11. The molecule has 0 spiro atoms. The molecule has 0 amide bonds. The van der Waals surface area contributed by atoms with E-state index in [1.807, 2.05) is 6.07 Å². The van der Waals surface area contributed by atoms with Crippen LogP contribution in [0.4, 0.5) is 5.82 Å². The zero-order chi connectivity index (χ0) is 13.9. The summed E-state index contributed by atoms with van der Waals surface area (Å²) in [6.45, 7) is 1.63. The minimum Gasteiger partial charge on any atom is -0.473 e. The highest BCUT2D eigenvalue weighted by atomic mass is 16.5. The van der Waals surface area contributed by atoms with Crippen LogP contribution in [0.1, 0.15) is 11.1 Å². The van der Waals surface area contributed by atoms with Crippen molar-refractivity contribution in [3.8, 4) is 11.9 Å². The van der Waals surface area contributed by atoms with Crippen LogP contribution in [0.5, 0.6) is 5.88 Å². The topological polar surface area (TPSA) is 79.9 Å². The second-order valence-electron chi connectivity index (χ2n) is 4.44. The summed E-state index contributed by atoms with van der Waals surface area (Å²) >= 11 is 0. The van der Waals surface area contributed by atoms with E-state index in [1.54, 1.807) is 28.8 Å². The summed E-state index contributed by atoms with van der Waals surface area (Å²) in [4.78, 5) is 15.6. The largest absolute Gasteiger partial charge is 0.473 e. The third kappa shape index (κ3) is 2.34. The molecule has 0 saturated heterocycles. The summed E-state index contributed by atoms with van der Waals surface area (Å²) in [6, 6.07) is 10.9. The van der Waals surface area contributed by atoms with E-state index in [4.69, 9.17) is 10.00 Å². The van der Waals surface area contributed by atoms with Crippen molar-refractivity contribution >= 4 is 5.82 Å². The number of fused-ring (bicyclic) bond motifs is 1. The van der Waals surface area contributed by atoms with Gasteiger partial charge in [0.15, 0.2) is 0 Å². The standard InChI is InChI=1S/C14H12N4O2/c15-8-10-2-1-3-11(6-10)9-20-13-7-12-16-4-5-18(12)14(19)17-13/h1-3,6-7,16H,4-5,9H2. The summed E-state index contributed by atoms with van der Waals surface area (Å²) in [5, 5.41) is 11.9. The maximum absolute atomic E-state index is 11.7. The molecule has 0 atom stereocenters. The molecule has 1 aliphatic heterocycles. The van der Waals surface area contributed by atoms with Crippen LogP contribution in [0.25, 0.3) is 0 Å². The van der Waals surface area contributed by atoms with E-state index in [-0.39, 0.29) is 18.2 Å². The van der Waals surface area contributed by atoms with Gasteiger partial charge in [-0.05, 0) is 17.7 Å². The van der Waals surface area contributed by atoms with Gasteiger partial charge in [-0.2, -0.15) is 10.2 Å². The molecular weight excluding hydrogens is 256 g/mol. The molecule has 0 aliphatic carbocycles. The number of hydrogen-bond donors (Lipinski definition) is 1. The molecule has 2 aromatic rings. The van der Waals surface area contributed by atoms with Crippen molar-refractivity contribution < 1.29 is 4.74 Å². The van der Waals surface area contributed by atoms with E-state index < -0.39 is 0 Å². The van der Waals surface area contributed by atoms with E-state index in [0.29, 0.717) is 12.1 Å². The van der Waals surface area contributed by atoms with Crippen molar-refractivity contribution in [2.24, 2.45) is 0 Å². The average Bonchev–Trinajstić information content (AvgIpc) is 2.94. The number of rotatable bonds is 3. The van der Waals surface area contributed by atoms with E-state index in [1.165, 1.54) is 0 Å². The third-order valence-electron chi connectivity index (χ3n) is 3.07. The first kappa shape index (κ1) is 12.2. The summed E-state index contributed by atoms with van der Waals surface area (Å²) in [5.74, 6) is 1.02. The van der Waals surface area contributed by atoms with Crippen molar-refractivity contribution in [3.05, 3.63) is 51.9 Å². The van der Waals surface area contributed by atoms with Crippen molar-refractivity contribution in [2.45, 2.75) is 13.2 Å². The van der Waals surface area contributed by atoms with Gasteiger partial charge in [0.25, 0.3) is 0 Å². The summed E-state index contributed by atoms with van der Waals surface area (Å²) < 4.78 is 7.10. The van der Waals surface area contributed by atoms with Gasteiger partial charge in [0.2, 0.25) is 5.88 Å². The van der Waals surface area contributed by atoms with Crippen molar-refractivity contribution in [1.29, 1.82) is 5.26 Å². The fourth-order valence-corrected chi connectivity index (χ4v) is 2.11. The number of anilines is 1. The first-order chi connectivity index (χ1) is 9.76. The van der Waals surface area contributed by atoms with Gasteiger partial charge in [-0.25, -0.2) is 4.79 Å². The maximum Gasteiger partial charge on any atom is 0.352 e. The lowest BCUT2D eigenvalue weighted by molar-refractivity contribution is 0.291. The zero-order valence-electron chi connectivity index (χ0n) is 10.7. The van der Waals surface area contributed by atoms with Crippen molar-refractivity contribution in [3.63, 3.8) is 0 Å². The molecule has 6 heteroatoms. The molecule has 0 fully saturated rings. The SMILES string of the molecule is N#Cc1cccc(COc2cc3n(c(=O)n2)CCN3)c1. The molecule has 0 unspecified atom stereocenters. The van der Waals surface area contributed by atoms with Crippen molar-refractivity contribution in [1.82, 2.24) is 9.55 Å². The van der Waals surface area contributed by atoms with Gasteiger partial charge < -0.3 is 10.1 Å². The first-order valence-corrected chi connectivity index (χ1v) is 6.24. The monoisotopic (exact) mass is 268 g/mol. The lowest BCUT2D eigenvalue weighted by atomic mass is 10.1. The molecule has 20 heavy (non-hydrogen) atoms. The van der Waals surface area contributed by atoms with E-state index in [2.05, 4.69) is 16.4 Å². The Morgan fingerprint density at radius 1 is 1.45 bits per heavy atom. The van der Waals surface area contributed by atoms with Crippen LogP contribution < -0.4 is 15.7 Å². The Kier molecular flexibility index (Phi) is 3.09. The smallest absolute Gasteiger partial charge is 0.352 e. The van der Waals surface area contributed by atoms with Gasteiger partial charge >= 0.3 is 5.69 Å². The summed E-state index contributed by atoms with van der Waals surface area (Å²) in [6.07, 6.45) is 0. The van der Waals surface area contributed by atoms with Crippen LogP contribution in [0.3, 0.4) is 0 Å². The molecule has 1 aliphatic rings. The van der Waals surface area contributed by atoms with Crippen LogP contribution in [0, 0.1) is 11.3 Å². The van der Waals surface area contributed by atoms with Gasteiger partial charge in [0.05, 0.1) is 11.6 Å². The molecule has 0 radical (unpaired) electrons. The highest BCUT2D eigenvalue weighted by Crippen LogP contribution is 2.17. The number of nitriles is 1. The highest BCUT2D eigenvalue weighted by molar-refractivity contribution is 5.41. The molecule has 6 nitrogen and oxygen atoms in total. The molecular formula is C14H12N4O2. The molecule has 1 aromatic heterocycles. The van der Waals surface area contributed by atoms with E-state index >= 15 is 0 Å². The predicted molar refractivity (Wildman–Crippen MR) is 72.5 cm³/mol. The van der Waals surface area contributed by atoms with Crippen LogP contribution in [-0.4, -0.2) is 16.1 Å². The Labute approximate surface area is 115 Å². The second-order valence-corrected chi connectivity index (χ2v) is 4.44. The summed E-state index contributed by atoms with van der Waals surface area (Å²) in [5.41, 5.74) is 1.13. The Morgan fingerprint density at radius 3 is 3.20 bits per heavy atom. The Balaban J connectivity index is 1.77. The second kappa shape index (κ2) is 5.05. The minimum atomic E-state index is -0.312. The van der Waals surface area contributed by atoms with Gasteiger partial charge in [-0.15, -0.1) is 0 Å². The number of ether oxygens (including phenoxy) is 1. The lowest BCUT2D eigenvalue weighted by Crippen LogP contribution is -2.21. The van der Waals surface area contributed by atoms with Gasteiger partial charge in [-0.3, -0.25) is 4.57 Å². The van der Waals surface area contributed by atoms with Crippen LogP contribution in [0.15, 0.2) is 35.1 Å². The van der Waals surface area contributed by atoms with Gasteiger partial charge in [0.1, 0.15) is 12.4 Å². The van der Waals surface area contributed by atoms with Gasteiger partial charge in [0, 0.05) is 19.2 Å². The Morgan fingerprint density at radius 2 is 2.35 bits per heavy atom. The summed E-state index contributed by atoms with van der Waals surface area (Å²) in [7, 11) is 0. The van der Waals surface area contributed by atoms with Crippen LogP contribution >= 0.6 is 0 Å². The molecule has 100 valence electrons. The normalized spacial score (nSPS) is 12.3. The Bertz CT molecular complexity index is 746. The van der Waals surface area contributed by atoms with Crippen molar-refractivity contribution in [2.75, 3.05) is 11.9 Å². The van der Waals surface area contributed by atoms with E-state index in [0.717, 1.165) is 17.9 Å². The molecule has 2 heterocycles. The number of nitrogens with zero attached hydrogens (tertiary/aromatic N) is 3. The first-order valence-electron chi connectivity index (χ1n) is 6.24. The molecule has 3 rings (SSSR count). The Hall–Kier alpha value is -2.81. The number of benzene rings is 1. The fraction of sp³-hybridized carbons (Fsp3) is 0.214. The molecule has 0 saturated carbocycles. The average molecular weight is 268 g/mol. The minimum absolute atomic E-state index is 0.269. The van der Waals surface area contributed by atoms with Gasteiger partial charge in [-0.1, -0.05) is 12.1 Å². The zero-order valence-corrected chi connectivity index (χ0v) is 10.7. The number of nitrogens with one attached hydrogen (secondary N) is 1. The van der Waals surface area contributed by atoms with E-state index in [9.17, 15) is 4.79 Å². The van der Waals surface area contributed by atoms with Crippen LogP contribution in [0.2, 0.25) is 0 Å². The maximum atomic E-state index is 11.7. The number of hydrogen-bond acceptors (Lipinski definition) is 5. The lowest BCUT2D eigenvalue weighted by Gasteiger charge is -2.07. The predicted octanol–water partition coefficient (Wildman–Crippen LogP) is 1.12. The quantitative estimate of drug-likeness (QED) is 0.902.